The molecule has 0 aromatic heterocycles. The molecular formula is C10H22N+. The van der Waals surface area contributed by atoms with Crippen LogP contribution in [0, 0.1) is 5.41 Å². The largest absolute Gasteiger partial charge is 0.324 e. The monoisotopic (exact) mass is 156 g/mol. The van der Waals surface area contributed by atoms with E-state index in [1.807, 2.05) is 0 Å². The van der Waals surface area contributed by atoms with Gasteiger partial charge in [-0.15, -0.1) is 0 Å². The zero-order valence-corrected chi connectivity index (χ0v) is 8.86. The average Bonchev–Trinajstić information content (AvgIpc) is 1.66. The first-order chi connectivity index (χ1) is 4.66. The highest BCUT2D eigenvalue weighted by molar-refractivity contribution is 4.87. The summed E-state index contributed by atoms with van der Waals surface area (Å²) in [5, 5.41) is 0. The van der Waals surface area contributed by atoms with Gasteiger partial charge in [-0.2, -0.15) is 0 Å². The first-order valence-corrected chi connectivity index (χ1v) is 4.49. The fraction of sp³-hybridized carbons (Fsp3) is 1.00. The van der Waals surface area contributed by atoms with Crippen molar-refractivity contribution in [2.24, 2.45) is 5.41 Å². The maximum atomic E-state index is 2.38. The Morgan fingerprint density at radius 1 is 1.00 bits per heavy atom. The summed E-state index contributed by atoms with van der Waals surface area (Å²) in [5.74, 6) is 0. The highest BCUT2D eigenvalue weighted by atomic mass is 15.4. The van der Waals surface area contributed by atoms with Crippen molar-refractivity contribution in [3.8, 4) is 0 Å². The van der Waals surface area contributed by atoms with Gasteiger partial charge >= 0.3 is 0 Å². The van der Waals surface area contributed by atoms with Crippen LogP contribution in [0.5, 0.6) is 0 Å². The van der Waals surface area contributed by atoms with E-state index in [-0.39, 0.29) is 0 Å². The van der Waals surface area contributed by atoms with Crippen LogP contribution in [0.25, 0.3) is 0 Å². The fourth-order valence-corrected chi connectivity index (χ4v) is 2.73. The zero-order chi connectivity index (χ0) is 8.91. The van der Waals surface area contributed by atoms with Gasteiger partial charge in [0.1, 0.15) is 0 Å². The van der Waals surface area contributed by atoms with Crippen LogP contribution >= 0.6 is 0 Å². The molecule has 0 bridgehead atoms. The predicted molar refractivity (Wildman–Crippen MR) is 49.5 cm³/mol. The topological polar surface area (TPSA) is 0 Å². The van der Waals surface area contributed by atoms with Crippen molar-refractivity contribution in [2.75, 3.05) is 20.6 Å². The molecule has 1 nitrogen and oxygen atoms in total. The minimum atomic E-state index is 0.462. The Morgan fingerprint density at radius 2 is 1.45 bits per heavy atom. The van der Waals surface area contributed by atoms with Gasteiger partial charge in [0.15, 0.2) is 0 Å². The molecule has 0 aromatic rings. The third kappa shape index (κ3) is 1.44. The predicted octanol–water partition coefficient (Wildman–Crippen LogP) is 2.27. The van der Waals surface area contributed by atoms with Crippen LogP contribution in [0.1, 0.15) is 34.1 Å². The lowest BCUT2D eigenvalue weighted by molar-refractivity contribution is -0.926. The van der Waals surface area contributed by atoms with Crippen molar-refractivity contribution in [2.45, 2.75) is 39.7 Å². The van der Waals surface area contributed by atoms with E-state index in [9.17, 15) is 0 Å². The van der Waals surface area contributed by atoms with Gasteiger partial charge in [0.25, 0.3) is 0 Å². The molecule has 0 N–H and O–H groups in total. The Balaban J connectivity index is 2.89. The molecule has 0 aromatic carbocycles. The van der Waals surface area contributed by atoms with Crippen molar-refractivity contribution in [1.29, 1.82) is 0 Å². The molecule has 1 aliphatic heterocycles. The van der Waals surface area contributed by atoms with E-state index in [2.05, 4.69) is 41.8 Å². The highest BCUT2D eigenvalue weighted by Gasteiger charge is 2.50. The van der Waals surface area contributed by atoms with E-state index in [1.54, 1.807) is 0 Å². The third-order valence-electron chi connectivity index (χ3n) is 3.37. The lowest BCUT2D eigenvalue weighted by Gasteiger charge is -2.38. The Kier molecular flexibility index (Phi) is 1.65. The summed E-state index contributed by atoms with van der Waals surface area (Å²) in [6.07, 6.45) is 1.34. The summed E-state index contributed by atoms with van der Waals surface area (Å²) < 4.78 is 1.17. The average molecular weight is 156 g/mol. The van der Waals surface area contributed by atoms with E-state index < -0.39 is 0 Å². The van der Waals surface area contributed by atoms with Crippen LogP contribution in [0.15, 0.2) is 0 Å². The number of rotatable bonds is 0. The van der Waals surface area contributed by atoms with E-state index in [0.29, 0.717) is 11.0 Å². The van der Waals surface area contributed by atoms with Crippen molar-refractivity contribution < 1.29 is 4.48 Å². The Hall–Kier alpha value is -0.0400. The summed E-state index contributed by atoms with van der Waals surface area (Å²) in [7, 11) is 4.68. The maximum Gasteiger partial charge on any atom is 0.0939 e. The molecule has 0 spiro atoms. The molecule has 0 amide bonds. The van der Waals surface area contributed by atoms with Gasteiger partial charge < -0.3 is 4.48 Å². The SMILES string of the molecule is CC1(C)CC(C)(C)[N+](C)(C)C1. The molecule has 0 aliphatic carbocycles. The minimum Gasteiger partial charge on any atom is -0.324 e. The quantitative estimate of drug-likeness (QED) is 0.472. The van der Waals surface area contributed by atoms with Crippen LogP contribution < -0.4 is 0 Å². The summed E-state index contributed by atoms with van der Waals surface area (Å²) in [4.78, 5) is 0. The van der Waals surface area contributed by atoms with Crippen molar-refractivity contribution >= 4 is 0 Å². The molecule has 1 aliphatic rings. The van der Waals surface area contributed by atoms with Gasteiger partial charge in [-0.3, -0.25) is 0 Å². The lowest BCUT2D eigenvalue weighted by Crippen LogP contribution is -2.51. The second-order valence-electron chi connectivity index (χ2n) is 6.00. The molecule has 1 saturated heterocycles. The van der Waals surface area contributed by atoms with Crippen molar-refractivity contribution in [1.82, 2.24) is 0 Å². The van der Waals surface area contributed by atoms with Gasteiger partial charge in [-0.25, -0.2) is 0 Å². The molecule has 1 rings (SSSR count). The van der Waals surface area contributed by atoms with Crippen LogP contribution in [0.4, 0.5) is 0 Å². The summed E-state index contributed by atoms with van der Waals surface area (Å²) in [5.41, 5.74) is 0.997. The van der Waals surface area contributed by atoms with Gasteiger partial charge in [0.05, 0.1) is 26.2 Å². The molecule has 1 fully saturated rings. The number of likely N-dealkylation sites (tertiary alicyclic amines) is 1. The molecular weight excluding hydrogens is 134 g/mol. The van der Waals surface area contributed by atoms with Crippen LogP contribution in [-0.4, -0.2) is 30.7 Å². The fourth-order valence-electron chi connectivity index (χ4n) is 2.73. The number of quaternary nitrogens is 1. The van der Waals surface area contributed by atoms with Crippen LogP contribution in [-0.2, 0) is 0 Å². The van der Waals surface area contributed by atoms with Gasteiger partial charge in [0, 0.05) is 11.8 Å². The maximum absolute atomic E-state index is 2.38. The Bertz CT molecular complexity index is 148. The number of nitrogens with zero attached hydrogens (tertiary/aromatic N) is 1. The molecule has 0 saturated carbocycles. The Morgan fingerprint density at radius 3 is 1.55 bits per heavy atom. The molecule has 0 radical (unpaired) electrons. The third-order valence-corrected chi connectivity index (χ3v) is 3.37. The molecule has 0 atom stereocenters. The molecule has 1 heterocycles. The molecule has 66 valence electrons. The first-order valence-electron chi connectivity index (χ1n) is 4.49. The second-order valence-corrected chi connectivity index (χ2v) is 6.00. The van der Waals surface area contributed by atoms with Gasteiger partial charge in [-0.1, -0.05) is 13.8 Å². The summed E-state index contributed by atoms with van der Waals surface area (Å²) in [6.45, 7) is 10.8. The zero-order valence-electron chi connectivity index (χ0n) is 8.86. The minimum absolute atomic E-state index is 0.462. The van der Waals surface area contributed by atoms with E-state index in [1.165, 1.54) is 17.4 Å². The first kappa shape index (κ1) is 9.05. The Labute approximate surface area is 71.0 Å². The summed E-state index contributed by atoms with van der Waals surface area (Å²) >= 11 is 0. The normalized spacial score (nSPS) is 32.2. The number of hydrogen-bond donors (Lipinski definition) is 0. The van der Waals surface area contributed by atoms with E-state index in [4.69, 9.17) is 0 Å². The van der Waals surface area contributed by atoms with Crippen LogP contribution in [0.2, 0.25) is 0 Å². The summed E-state index contributed by atoms with van der Waals surface area (Å²) in [6, 6.07) is 0. The van der Waals surface area contributed by atoms with Crippen LogP contribution in [0.3, 0.4) is 0 Å². The van der Waals surface area contributed by atoms with Crippen molar-refractivity contribution in [3.05, 3.63) is 0 Å². The van der Waals surface area contributed by atoms with E-state index in [0.717, 1.165) is 0 Å². The molecule has 0 unspecified atom stereocenters. The standard InChI is InChI=1S/C10H22N/c1-9(2)7-10(3,4)11(5,6)8-9/h7-8H2,1-6H3/q+1. The lowest BCUT2D eigenvalue weighted by atomic mass is 9.86. The van der Waals surface area contributed by atoms with Gasteiger partial charge in [0.2, 0.25) is 0 Å². The van der Waals surface area contributed by atoms with Gasteiger partial charge in [-0.05, 0) is 13.8 Å². The highest BCUT2D eigenvalue weighted by Crippen LogP contribution is 2.43. The van der Waals surface area contributed by atoms with Crippen molar-refractivity contribution in [3.63, 3.8) is 0 Å². The number of hydrogen-bond acceptors (Lipinski definition) is 0. The van der Waals surface area contributed by atoms with E-state index >= 15 is 0 Å². The molecule has 1 heteroatoms. The second kappa shape index (κ2) is 2.01. The smallest absolute Gasteiger partial charge is 0.0939 e. The molecule has 11 heavy (non-hydrogen) atoms.